The van der Waals surface area contributed by atoms with E-state index in [2.05, 4.69) is 4.90 Å². The van der Waals surface area contributed by atoms with Gasteiger partial charge < -0.3 is 19.3 Å². The van der Waals surface area contributed by atoms with Crippen molar-refractivity contribution >= 4 is 32.6 Å². The predicted molar refractivity (Wildman–Crippen MR) is 103 cm³/mol. The highest BCUT2D eigenvalue weighted by Gasteiger charge is 2.32. The summed E-state index contributed by atoms with van der Waals surface area (Å²) < 4.78 is 12.0. The monoisotopic (exact) mass is 375 g/mol. The first-order chi connectivity index (χ1) is 12.3. The van der Waals surface area contributed by atoms with E-state index in [1.54, 1.807) is 11.3 Å². The Hall–Kier alpha value is -2.02. The van der Waals surface area contributed by atoms with Crippen LogP contribution in [-0.2, 0) is 4.79 Å². The average Bonchev–Trinajstić information content (AvgIpc) is 3.23. The second-order valence-electron chi connectivity index (χ2n) is 8.05. The van der Waals surface area contributed by atoms with E-state index in [1.165, 1.54) is 0 Å². The van der Waals surface area contributed by atoms with Gasteiger partial charge in [0.05, 0.1) is 10.2 Å². The van der Waals surface area contributed by atoms with Crippen LogP contribution in [0.4, 0.5) is 5.13 Å². The third-order valence-corrected chi connectivity index (χ3v) is 6.20. The number of piperidine rings is 1. The molecule has 7 heteroatoms. The molecular weight excluding hydrogens is 350 g/mol. The zero-order chi connectivity index (χ0) is 18.5. The standard InChI is InChI=1S/C19H25N3O3S/c1-19(2,3)17(23)21(4)12-5-7-22(8-6-12)18-20-13-9-14-15(25-11-24-14)10-16(13)26-18/h9-10,12H,5-8,11H2,1-4H3. The van der Waals surface area contributed by atoms with Gasteiger partial charge in [-0.2, -0.15) is 0 Å². The molecule has 1 aromatic heterocycles. The summed E-state index contributed by atoms with van der Waals surface area (Å²) in [4.78, 5) is 21.6. The predicted octanol–water partition coefficient (Wildman–Crippen LogP) is 3.50. The number of rotatable bonds is 2. The van der Waals surface area contributed by atoms with Gasteiger partial charge in [0.15, 0.2) is 16.6 Å². The fourth-order valence-corrected chi connectivity index (χ4v) is 4.61. The summed E-state index contributed by atoms with van der Waals surface area (Å²) in [5, 5.41) is 1.03. The SMILES string of the molecule is CN(C(=O)C(C)(C)C)C1CCN(c2nc3cc4c(cc3s2)OCO4)CC1. The molecule has 0 radical (unpaired) electrons. The van der Waals surface area contributed by atoms with Crippen LogP contribution in [0.3, 0.4) is 0 Å². The highest BCUT2D eigenvalue weighted by Crippen LogP contribution is 2.40. The van der Waals surface area contributed by atoms with Crippen LogP contribution in [0.25, 0.3) is 10.2 Å². The second kappa shape index (κ2) is 6.30. The fourth-order valence-electron chi connectivity index (χ4n) is 3.58. The van der Waals surface area contributed by atoms with Crippen LogP contribution >= 0.6 is 11.3 Å². The number of aromatic nitrogens is 1. The average molecular weight is 375 g/mol. The molecule has 0 aliphatic carbocycles. The maximum absolute atomic E-state index is 12.5. The van der Waals surface area contributed by atoms with E-state index in [1.807, 2.05) is 44.9 Å². The normalized spacial score (nSPS) is 17.8. The van der Waals surface area contributed by atoms with Gasteiger partial charge in [0.25, 0.3) is 0 Å². The lowest BCUT2D eigenvalue weighted by atomic mass is 9.93. The molecule has 2 aliphatic heterocycles. The molecular formula is C19H25N3O3S. The molecule has 4 rings (SSSR count). The maximum atomic E-state index is 12.5. The molecule has 2 aromatic rings. The van der Waals surface area contributed by atoms with Gasteiger partial charge in [-0.25, -0.2) is 4.98 Å². The van der Waals surface area contributed by atoms with Gasteiger partial charge in [-0.1, -0.05) is 32.1 Å². The quantitative estimate of drug-likeness (QED) is 0.804. The van der Waals surface area contributed by atoms with Crippen molar-refractivity contribution in [3.8, 4) is 11.5 Å². The van der Waals surface area contributed by atoms with Gasteiger partial charge in [-0.15, -0.1) is 0 Å². The van der Waals surface area contributed by atoms with Crippen LogP contribution in [-0.4, -0.2) is 48.8 Å². The van der Waals surface area contributed by atoms with Gasteiger partial charge in [0.2, 0.25) is 12.7 Å². The summed E-state index contributed by atoms with van der Waals surface area (Å²) in [6.07, 6.45) is 1.94. The molecule has 6 nitrogen and oxygen atoms in total. The van der Waals surface area contributed by atoms with Crippen LogP contribution in [0.1, 0.15) is 33.6 Å². The third kappa shape index (κ3) is 3.09. The van der Waals surface area contributed by atoms with Gasteiger partial charge in [0.1, 0.15) is 0 Å². The molecule has 1 fully saturated rings. The molecule has 1 amide bonds. The van der Waals surface area contributed by atoms with Crippen molar-refractivity contribution in [3.05, 3.63) is 12.1 Å². The van der Waals surface area contributed by atoms with Crippen LogP contribution < -0.4 is 14.4 Å². The van der Waals surface area contributed by atoms with Crippen LogP contribution in [0, 0.1) is 5.41 Å². The van der Waals surface area contributed by atoms with Gasteiger partial charge in [-0.3, -0.25) is 4.79 Å². The summed E-state index contributed by atoms with van der Waals surface area (Å²) in [5.74, 6) is 1.79. The van der Waals surface area contributed by atoms with Gasteiger partial charge in [-0.05, 0) is 12.8 Å². The van der Waals surface area contributed by atoms with Crippen molar-refractivity contribution in [1.82, 2.24) is 9.88 Å². The largest absolute Gasteiger partial charge is 0.454 e. The topological polar surface area (TPSA) is 54.9 Å². The third-order valence-electron chi connectivity index (χ3n) is 5.12. The summed E-state index contributed by atoms with van der Waals surface area (Å²) in [6, 6.07) is 4.28. The molecule has 0 saturated carbocycles. The Kier molecular flexibility index (Phi) is 4.22. The highest BCUT2D eigenvalue weighted by atomic mass is 32.1. The summed E-state index contributed by atoms with van der Waals surface area (Å²) in [6.45, 7) is 8.05. The second-order valence-corrected chi connectivity index (χ2v) is 9.06. The molecule has 26 heavy (non-hydrogen) atoms. The van der Waals surface area contributed by atoms with Crippen LogP contribution in [0.15, 0.2) is 12.1 Å². The van der Waals surface area contributed by atoms with Crippen molar-refractivity contribution < 1.29 is 14.3 Å². The number of carbonyl (C=O) groups is 1. The van der Waals surface area contributed by atoms with E-state index in [0.717, 1.165) is 52.8 Å². The zero-order valence-corrected chi connectivity index (χ0v) is 16.6. The van der Waals surface area contributed by atoms with E-state index >= 15 is 0 Å². The minimum Gasteiger partial charge on any atom is -0.454 e. The molecule has 1 aromatic carbocycles. The zero-order valence-electron chi connectivity index (χ0n) is 15.7. The molecule has 140 valence electrons. The van der Waals surface area contributed by atoms with E-state index in [9.17, 15) is 4.79 Å². The molecule has 0 spiro atoms. The number of carbonyl (C=O) groups excluding carboxylic acids is 1. The van der Waals surface area contributed by atoms with Gasteiger partial charge in [0, 0.05) is 43.7 Å². The van der Waals surface area contributed by atoms with Crippen molar-refractivity contribution in [1.29, 1.82) is 0 Å². The Morgan fingerprint density at radius 3 is 2.54 bits per heavy atom. The lowest BCUT2D eigenvalue weighted by Crippen LogP contribution is -2.48. The molecule has 3 heterocycles. The van der Waals surface area contributed by atoms with E-state index in [4.69, 9.17) is 14.5 Å². The van der Waals surface area contributed by atoms with E-state index in [-0.39, 0.29) is 18.1 Å². The van der Waals surface area contributed by atoms with E-state index < -0.39 is 0 Å². The number of ether oxygens (including phenoxy) is 2. The highest BCUT2D eigenvalue weighted by molar-refractivity contribution is 7.22. The first-order valence-electron chi connectivity index (χ1n) is 9.05. The molecule has 0 atom stereocenters. The fraction of sp³-hybridized carbons (Fsp3) is 0.579. The van der Waals surface area contributed by atoms with Crippen LogP contribution in [0.2, 0.25) is 0 Å². The van der Waals surface area contributed by atoms with E-state index in [0.29, 0.717) is 6.04 Å². The number of benzene rings is 1. The molecule has 0 bridgehead atoms. The Labute approximate surface area is 157 Å². The smallest absolute Gasteiger partial charge is 0.231 e. The van der Waals surface area contributed by atoms with Crippen LogP contribution in [0.5, 0.6) is 11.5 Å². The number of anilines is 1. The Morgan fingerprint density at radius 1 is 1.23 bits per heavy atom. The molecule has 0 N–H and O–H groups in total. The first-order valence-corrected chi connectivity index (χ1v) is 9.87. The lowest BCUT2D eigenvalue weighted by Gasteiger charge is -2.38. The van der Waals surface area contributed by atoms with Crippen molar-refractivity contribution in [2.45, 2.75) is 39.7 Å². The maximum Gasteiger partial charge on any atom is 0.231 e. The number of hydrogen-bond donors (Lipinski definition) is 0. The Morgan fingerprint density at radius 2 is 1.88 bits per heavy atom. The van der Waals surface area contributed by atoms with Crippen molar-refractivity contribution in [2.75, 3.05) is 31.8 Å². The first kappa shape index (κ1) is 17.4. The number of amides is 1. The lowest BCUT2D eigenvalue weighted by molar-refractivity contribution is -0.140. The Bertz CT molecular complexity index is 793. The summed E-state index contributed by atoms with van der Waals surface area (Å²) in [5.41, 5.74) is 0.625. The number of hydrogen-bond acceptors (Lipinski definition) is 6. The van der Waals surface area contributed by atoms with Crippen molar-refractivity contribution in [2.24, 2.45) is 5.41 Å². The molecule has 2 aliphatic rings. The molecule has 1 saturated heterocycles. The number of thiazole rings is 1. The van der Waals surface area contributed by atoms with Gasteiger partial charge >= 0.3 is 0 Å². The van der Waals surface area contributed by atoms with Crippen molar-refractivity contribution in [3.63, 3.8) is 0 Å². The summed E-state index contributed by atoms with van der Waals surface area (Å²) >= 11 is 1.69. The Balaban J connectivity index is 1.45. The summed E-state index contributed by atoms with van der Waals surface area (Å²) in [7, 11) is 1.94. The molecule has 0 unspecified atom stereocenters. The minimum absolute atomic E-state index is 0.213. The number of nitrogens with zero attached hydrogens (tertiary/aromatic N) is 3. The minimum atomic E-state index is -0.330. The number of fused-ring (bicyclic) bond motifs is 2.